The number of nitrogens with zero attached hydrogens (tertiary/aromatic N) is 3. The highest BCUT2D eigenvalue weighted by Gasteiger charge is 2.12. The van der Waals surface area contributed by atoms with Gasteiger partial charge in [-0.05, 0) is 60.7 Å². The zero-order valence-corrected chi connectivity index (χ0v) is 16.7. The van der Waals surface area contributed by atoms with Crippen LogP contribution in [0.4, 0.5) is 8.78 Å². The first kappa shape index (κ1) is 18.4. The van der Waals surface area contributed by atoms with E-state index in [-0.39, 0.29) is 11.6 Å². The van der Waals surface area contributed by atoms with Crippen molar-refractivity contribution in [1.29, 1.82) is 0 Å². The fraction of sp³-hybridized carbons (Fsp3) is 0.0435. The largest absolute Gasteiger partial charge is 0.494 e. The van der Waals surface area contributed by atoms with Crippen LogP contribution in [-0.2, 0) is 0 Å². The molecule has 0 saturated heterocycles. The van der Waals surface area contributed by atoms with E-state index >= 15 is 0 Å². The van der Waals surface area contributed by atoms with Gasteiger partial charge >= 0.3 is 0 Å². The van der Waals surface area contributed by atoms with Gasteiger partial charge in [0, 0.05) is 16.8 Å². The van der Waals surface area contributed by atoms with Crippen molar-refractivity contribution in [2.75, 3.05) is 7.11 Å². The number of hydrogen-bond donors (Lipinski definition) is 0. The Kier molecular flexibility index (Phi) is 4.52. The van der Waals surface area contributed by atoms with Gasteiger partial charge in [-0.25, -0.2) is 18.7 Å². The Bertz CT molecular complexity index is 1360. The van der Waals surface area contributed by atoms with Crippen LogP contribution in [0.2, 0.25) is 0 Å². The van der Waals surface area contributed by atoms with E-state index in [2.05, 4.69) is 9.97 Å². The number of fused-ring (bicyclic) bond motifs is 1. The summed E-state index contributed by atoms with van der Waals surface area (Å²) in [4.78, 5) is 8.85. The SMILES string of the molecule is COc1cc(-c2cncn2-c2ccc(-c3nc4ccc(F)cc4s3)cc2)ccc1F. The fourth-order valence-electron chi connectivity index (χ4n) is 3.32. The van der Waals surface area contributed by atoms with Crippen LogP contribution >= 0.6 is 11.3 Å². The smallest absolute Gasteiger partial charge is 0.165 e. The summed E-state index contributed by atoms with van der Waals surface area (Å²) in [6, 6.07) is 17.2. The van der Waals surface area contributed by atoms with Crippen molar-refractivity contribution in [3.05, 3.63) is 84.8 Å². The average molecular weight is 419 g/mol. The number of imidazole rings is 1. The first-order valence-electron chi connectivity index (χ1n) is 9.15. The Labute approximate surface area is 175 Å². The third kappa shape index (κ3) is 3.23. The normalized spacial score (nSPS) is 11.2. The van der Waals surface area contributed by atoms with E-state index in [1.807, 2.05) is 28.8 Å². The summed E-state index contributed by atoms with van der Waals surface area (Å²) in [7, 11) is 1.44. The molecule has 0 radical (unpaired) electrons. The van der Waals surface area contributed by atoms with Crippen LogP contribution in [0.3, 0.4) is 0 Å². The molecule has 0 saturated carbocycles. The molecule has 0 amide bonds. The quantitative estimate of drug-likeness (QED) is 0.353. The molecule has 0 bridgehead atoms. The molecule has 2 aromatic heterocycles. The molecule has 0 aliphatic carbocycles. The Hall–Kier alpha value is -3.58. The van der Waals surface area contributed by atoms with E-state index < -0.39 is 5.82 Å². The number of methoxy groups -OCH3 is 1. The lowest BCUT2D eigenvalue weighted by Gasteiger charge is -2.10. The van der Waals surface area contributed by atoms with Gasteiger partial charge in [0.2, 0.25) is 0 Å². The minimum Gasteiger partial charge on any atom is -0.494 e. The maximum absolute atomic E-state index is 13.8. The molecule has 0 atom stereocenters. The lowest BCUT2D eigenvalue weighted by Crippen LogP contribution is -1.96. The molecule has 0 fully saturated rings. The molecule has 5 aromatic rings. The molecule has 0 aliphatic heterocycles. The van der Waals surface area contributed by atoms with Gasteiger partial charge in [-0.1, -0.05) is 0 Å². The predicted molar refractivity (Wildman–Crippen MR) is 114 cm³/mol. The van der Waals surface area contributed by atoms with Crippen molar-refractivity contribution >= 4 is 21.6 Å². The molecule has 148 valence electrons. The van der Waals surface area contributed by atoms with Crippen molar-refractivity contribution in [3.63, 3.8) is 0 Å². The first-order valence-corrected chi connectivity index (χ1v) is 9.97. The Balaban J connectivity index is 1.50. The highest BCUT2D eigenvalue weighted by molar-refractivity contribution is 7.21. The topological polar surface area (TPSA) is 39.9 Å². The van der Waals surface area contributed by atoms with E-state index in [0.717, 1.165) is 37.7 Å². The van der Waals surface area contributed by atoms with Crippen molar-refractivity contribution in [2.45, 2.75) is 0 Å². The number of halogens is 2. The summed E-state index contributed by atoms with van der Waals surface area (Å²) >= 11 is 1.45. The summed E-state index contributed by atoms with van der Waals surface area (Å²) in [6.45, 7) is 0. The van der Waals surface area contributed by atoms with Gasteiger partial charge in [0.25, 0.3) is 0 Å². The highest BCUT2D eigenvalue weighted by atomic mass is 32.1. The summed E-state index contributed by atoms with van der Waals surface area (Å²) in [5.74, 6) is -0.492. The molecule has 3 aromatic carbocycles. The number of thiazole rings is 1. The highest BCUT2D eigenvalue weighted by Crippen LogP contribution is 2.32. The summed E-state index contributed by atoms with van der Waals surface area (Å²) in [5.41, 5.74) is 4.24. The van der Waals surface area contributed by atoms with Gasteiger partial charge in [0.1, 0.15) is 10.8 Å². The number of hydrogen-bond acceptors (Lipinski definition) is 4. The fourth-order valence-corrected chi connectivity index (χ4v) is 4.32. The van der Waals surface area contributed by atoms with E-state index in [9.17, 15) is 8.78 Å². The molecule has 0 N–H and O–H groups in total. The molecule has 0 unspecified atom stereocenters. The van der Waals surface area contributed by atoms with Gasteiger partial charge in [0.05, 0.1) is 35.5 Å². The van der Waals surface area contributed by atoms with Crippen LogP contribution in [0.1, 0.15) is 0 Å². The second-order valence-electron chi connectivity index (χ2n) is 6.68. The van der Waals surface area contributed by atoms with Gasteiger partial charge in [0.15, 0.2) is 11.6 Å². The number of aromatic nitrogens is 3. The zero-order chi connectivity index (χ0) is 20.7. The van der Waals surface area contributed by atoms with E-state index in [1.165, 1.54) is 36.6 Å². The van der Waals surface area contributed by atoms with Gasteiger partial charge in [-0.3, -0.25) is 4.57 Å². The number of ether oxygens (including phenoxy) is 1. The molecule has 30 heavy (non-hydrogen) atoms. The minimum absolute atomic E-state index is 0.183. The van der Waals surface area contributed by atoms with Crippen LogP contribution in [0.5, 0.6) is 5.75 Å². The lowest BCUT2D eigenvalue weighted by molar-refractivity contribution is 0.387. The van der Waals surface area contributed by atoms with Crippen molar-refractivity contribution in [1.82, 2.24) is 14.5 Å². The molecular weight excluding hydrogens is 404 g/mol. The van der Waals surface area contributed by atoms with Gasteiger partial charge in [-0.2, -0.15) is 0 Å². The summed E-state index contributed by atoms with van der Waals surface area (Å²) < 4.78 is 35.0. The number of rotatable bonds is 4. The van der Waals surface area contributed by atoms with Crippen LogP contribution in [0, 0.1) is 11.6 Å². The minimum atomic E-state index is -0.410. The van der Waals surface area contributed by atoms with Gasteiger partial charge in [-0.15, -0.1) is 11.3 Å². The maximum Gasteiger partial charge on any atom is 0.165 e. The van der Waals surface area contributed by atoms with Crippen LogP contribution < -0.4 is 4.74 Å². The van der Waals surface area contributed by atoms with Crippen molar-refractivity contribution in [2.24, 2.45) is 0 Å². The third-order valence-corrected chi connectivity index (χ3v) is 5.90. The second-order valence-corrected chi connectivity index (χ2v) is 7.71. The van der Waals surface area contributed by atoms with E-state index in [0.29, 0.717) is 0 Å². The van der Waals surface area contributed by atoms with E-state index in [4.69, 9.17) is 4.74 Å². The molecular formula is C23H15F2N3OS. The predicted octanol–water partition coefficient (Wildman–Crippen LogP) is 6.10. The Morgan fingerprint density at radius 2 is 1.73 bits per heavy atom. The summed E-state index contributed by atoms with van der Waals surface area (Å²) in [6.07, 6.45) is 3.43. The summed E-state index contributed by atoms with van der Waals surface area (Å²) in [5, 5.41) is 0.830. The van der Waals surface area contributed by atoms with E-state index in [1.54, 1.807) is 30.7 Å². The molecule has 5 rings (SSSR count). The van der Waals surface area contributed by atoms with Gasteiger partial charge < -0.3 is 4.74 Å². The van der Waals surface area contributed by atoms with Crippen LogP contribution in [0.15, 0.2) is 73.2 Å². The maximum atomic E-state index is 13.8. The molecule has 4 nitrogen and oxygen atoms in total. The monoisotopic (exact) mass is 419 g/mol. The van der Waals surface area contributed by atoms with Crippen LogP contribution in [0.25, 0.3) is 37.7 Å². The Morgan fingerprint density at radius 1 is 0.933 bits per heavy atom. The number of benzene rings is 3. The van der Waals surface area contributed by atoms with Crippen molar-refractivity contribution < 1.29 is 13.5 Å². The van der Waals surface area contributed by atoms with Crippen LogP contribution in [-0.4, -0.2) is 21.6 Å². The average Bonchev–Trinajstić information content (AvgIpc) is 3.41. The zero-order valence-electron chi connectivity index (χ0n) is 15.8. The molecule has 0 spiro atoms. The van der Waals surface area contributed by atoms with Crippen molar-refractivity contribution in [3.8, 4) is 33.3 Å². The Morgan fingerprint density at radius 3 is 2.53 bits per heavy atom. The second kappa shape index (κ2) is 7.35. The third-order valence-electron chi connectivity index (χ3n) is 4.83. The molecule has 0 aliphatic rings. The standard InChI is InChI=1S/C23H15F2N3OS/c1-29-21-10-15(4-8-18(21)25)20-12-26-13-28(20)17-6-2-14(3-7-17)23-27-19-9-5-16(24)11-22(19)30-23/h2-13H,1H3. The molecule has 7 heteroatoms. The molecule has 2 heterocycles. The first-order chi connectivity index (χ1) is 14.6. The lowest BCUT2D eigenvalue weighted by atomic mass is 10.1.